The van der Waals surface area contributed by atoms with Gasteiger partial charge in [0.05, 0.1) is 11.0 Å². The van der Waals surface area contributed by atoms with Crippen LogP contribution in [0.15, 0.2) is 90.7 Å². The number of allylic oxidation sites excluding steroid dienone is 1. The zero-order valence-electron chi connectivity index (χ0n) is 16.5. The largest absolute Gasteiger partial charge is 0.507 e. The summed E-state index contributed by atoms with van der Waals surface area (Å²) in [6, 6.07) is 27.8. The van der Waals surface area contributed by atoms with E-state index in [1.165, 1.54) is 0 Å². The number of aliphatic hydroxyl groups is 1. The van der Waals surface area contributed by atoms with Crippen molar-refractivity contribution in [2.75, 3.05) is 6.61 Å². The highest BCUT2D eigenvalue weighted by Gasteiger charge is 2.25. The summed E-state index contributed by atoms with van der Waals surface area (Å²) in [5.74, 6) is -1.31. The Balaban J connectivity index is 1.58. The first-order valence-corrected chi connectivity index (χ1v) is 9.71. The molecule has 0 saturated carbocycles. The van der Waals surface area contributed by atoms with Crippen LogP contribution in [0.3, 0.4) is 0 Å². The Labute approximate surface area is 179 Å². The summed E-state index contributed by atoms with van der Waals surface area (Å²) in [7, 11) is 0. The monoisotopic (exact) mass is 409 g/mol. The second-order valence-corrected chi connectivity index (χ2v) is 6.90. The van der Waals surface area contributed by atoms with Gasteiger partial charge in [-0.1, -0.05) is 72.8 Å². The second kappa shape index (κ2) is 8.97. The van der Waals surface area contributed by atoms with Crippen LogP contribution in [0.5, 0.6) is 0 Å². The van der Waals surface area contributed by atoms with Crippen molar-refractivity contribution < 1.29 is 14.6 Å². The molecule has 1 heterocycles. The van der Waals surface area contributed by atoms with Crippen molar-refractivity contribution in [3.05, 3.63) is 108 Å². The molecule has 0 unspecified atom stereocenters. The predicted octanol–water partition coefficient (Wildman–Crippen LogP) is 4.73. The van der Waals surface area contributed by atoms with Crippen LogP contribution in [0.1, 0.15) is 22.9 Å². The van der Waals surface area contributed by atoms with Crippen LogP contribution in [0.4, 0.5) is 0 Å². The van der Waals surface area contributed by atoms with E-state index in [9.17, 15) is 15.2 Å². The predicted molar refractivity (Wildman–Crippen MR) is 117 cm³/mol. The molecule has 6 heteroatoms. The maximum absolute atomic E-state index is 13.0. The molecule has 0 radical (unpaired) electrons. The molecule has 0 aliphatic rings. The molecule has 31 heavy (non-hydrogen) atoms. The minimum Gasteiger partial charge on any atom is -0.507 e. The molecule has 6 nitrogen and oxygen atoms in total. The van der Waals surface area contributed by atoms with Gasteiger partial charge in [-0.25, -0.2) is 4.98 Å². The van der Waals surface area contributed by atoms with E-state index < -0.39 is 18.5 Å². The van der Waals surface area contributed by atoms with Crippen LogP contribution in [-0.2, 0) is 9.53 Å². The number of H-pyrrole nitrogens is 1. The van der Waals surface area contributed by atoms with E-state index >= 15 is 0 Å². The summed E-state index contributed by atoms with van der Waals surface area (Å²) >= 11 is 0. The van der Waals surface area contributed by atoms with Crippen molar-refractivity contribution in [3.8, 4) is 6.07 Å². The van der Waals surface area contributed by atoms with Crippen molar-refractivity contribution in [2.45, 2.75) is 5.92 Å². The lowest BCUT2D eigenvalue weighted by molar-refractivity contribution is -0.144. The van der Waals surface area contributed by atoms with Crippen molar-refractivity contribution in [1.82, 2.24) is 9.97 Å². The lowest BCUT2D eigenvalue weighted by Crippen LogP contribution is -2.19. The van der Waals surface area contributed by atoms with Crippen LogP contribution >= 0.6 is 0 Å². The van der Waals surface area contributed by atoms with Gasteiger partial charge in [0.2, 0.25) is 0 Å². The first-order valence-electron chi connectivity index (χ1n) is 9.71. The zero-order valence-corrected chi connectivity index (χ0v) is 16.5. The number of nitriles is 1. The Morgan fingerprint density at radius 3 is 2.13 bits per heavy atom. The van der Waals surface area contributed by atoms with Crippen LogP contribution in [0, 0.1) is 11.3 Å². The average molecular weight is 409 g/mol. The smallest absolute Gasteiger partial charge is 0.318 e. The third-order valence-corrected chi connectivity index (χ3v) is 4.88. The lowest BCUT2D eigenvalue weighted by atomic mass is 9.91. The molecule has 152 valence electrons. The fourth-order valence-electron chi connectivity index (χ4n) is 3.38. The fourth-order valence-corrected chi connectivity index (χ4v) is 3.38. The van der Waals surface area contributed by atoms with Crippen LogP contribution in [0.2, 0.25) is 0 Å². The third kappa shape index (κ3) is 4.31. The number of esters is 1. The molecule has 4 rings (SSSR count). The molecular weight excluding hydrogens is 390 g/mol. The molecule has 0 aliphatic heterocycles. The molecule has 3 aromatic carbocycles. The number of imidazole rings is 1. The summed E-state index contributed by atoms with van der Waals surface area (Å²) in [5.41, 5.74) is 2.89. The molecule has 0 saturated heterocycles. The summed E-state index contributed by atoms with van der Waals surface area (Å²) in [5, 5.41) is 20.0. The van der Waals surface area contributed by atoms with Gasteiger partial charge < -0.3 is 14.8 Å². The second-order valence-electron chi connectivity index (χ2n) is 6.90. The molecule has 4 aromatic rings. The number of carbonyl (C=O) groups excluding carboxylic acids is 1. The molecule has 0 amide bonds. The number of nitrogens with one attached hydrogen (secondary N) is 1. The highest BCUT2D eigenvalue weighted by Crippen LogP contribution is 2.26. The standard InChI is InChI=1S/C25H19N3O3/c26-15-19(24-27-20-13-7-8-14-21(20)28-24)22(29)16-31-25(30)23(17-9-3-1-4-10-17)18-11-5-2-6-12-18/h1-14,23,29H,16H2,(H,27,28). The average Bonchev–Trinajstić information content (AvgIpc) is 3.23. The lowest BCUT2D eigenvalue weighted by Gasteiger charge is -2.17. The number of fused-ring (bicyclic) bond motifs is 1. The molecular formula is C25H19N3O3. The van der Waals surface area contributed by atoms with Gasteiger partial charge in [-0.2, -0.15) is 5.26 Å². The topological polar surface area (TPSA) is 99.0 Å². The SMILES string of the molecule is N#CC(=C(O)COC(=O)C(c1ccccc1)c1ccccc1)c1nc2ccccc2[nH]1. The summed E-state index contributed by atoms with van der Waals surface area (Å²) in [4.78, 5) is 20.3. The number of aliphatic hydroxyl groups excluding tert-OH is 1. The van der Waals surface area contributed by atoms with Gasteiger partial charge in [-0.3, -0.25) is 4.79 Å². The van der Waals surface area contributed by atoms with E-state index in [4.69, 9.17) is 4.74 Å². The molecule has 0 fully saturated rings. The van der Waals surface area contributed by atoms with Crippen LogP contribution in [0.25, 0.3) is 16.6 Å². The number of para-hydroxylation sites is 2. The maximum Gasteiger partial charge on any atom is 0.318 e. The number of carbonyl (C=O) groups is 1. The van der Waals surface area contributed by atoms with Crippen molar-refractivity contribution in [3.63, 3.8) is 0 Å². The Kier molecular flexibility index (Phi) is 5.77. The van der Waals surface area contributed by atoms with E-state index in [0.717, 1.165) is 16.6 Å². The molecule has 2 N–H and O–H groups in total. The van der Waals surface area contributed by atoms with Crippen molar-refractivity contribution in [2.24, 2.45) is 0 Å². The number of ether oxygens (including phenoxy) is 1. The Hall–Kier alpha value is -4.37. The molecule has 0 spiro atoms. The number of rotatable bonds is 6. The number of hydrogen-bond donors (Lipinski definition) is 2. The minimum atomic E-state index is -0.646. The number of aromatic amines is 1. The Morgan fingerprint density at radius 1 is 0.968 bits per heavy atom. The number of hydrogen-bond acceptors (Lipinski definition) is 5. The Morgan fingerprint density at radius 2 is 1.55 bits per heavy atom. The minimum absolute atomic E-state index is 0.0695. The summed E-state index contributed by atoms with van der Waals surface area (Å²) in [6.07, 6.45) is 0. The van der Waals surface area contributed by atoms with Crippen molar-refractivity contribution >= 4 is 22.6 Å². The van der Waals surface area contributed by atoms with Gasteiger partial charge in [0.1, 0.15) is 24.2 Å². The molecule has 0 atom stereocenters. The van der Waals surface area contributed by atoms with Gasteiger partial charge >= 0.3 is 5.97 Å². The van der Waals surface area contributed by atoms with Crippen LogP contribution in [-0.4, -0.2) is 27.7 Å². The van der Waals surface area contributed by atoms with Crippen molar-refractivity contribution in [1.29, 1.82) is 5.26 Å². The number of aromatic nitrogens is 2. The first-order chi connectivity index (χ1) is 15.2. The quantitative estimate of drug-likeness (QED) is 0.272. The van der Waals surface area contributed by atoms with Gasteiger partial charge in [-0.05, 0) is 23.3 Å². The summed E-state index contributed by atoms with van der Waals surface area (Å²) < 4.78 is 5.41. The van der Waals surface area contributed by atoms with Gasteiger partial charge in [0.15, 0.2) is 11.6 Å². The zero-order chi connectivity index (χ0) is 21.6. The van der Waals surface area contributed by atoms with Gasteiger partial charge in [0.25, 0.3) is 0 Å². The molecule has 0 bridgehead atoms. The van der Waals surface area contributed by atoms with Gasteiger partial charge in [-0.15, -0.1) is 0 Å². The third-order valence-electron chi connectivity index (χ3n) is 4.88. The number of benzene rings is 3. The maximum atomic E-state index is 13.0. The number of nitrogens with zero attached hydrogens (tertiary/aromatic N) is 2. The van der Waals surface area contributed by atoms with E-state index in [2.05, 4.69) is 9.97 Å². The highest BCUT2D eigenvalue weighted by atomic mass is 16.5. The molecule has 0 aliphatic carbocycles. The van der Waals surface area contributed by atoms with Crippen LogP contribution < -0.4 is 0 Å². The van der Waals surface area contributed by atoms with E-state index in [1.807, 2.05) is 84.9 Å². The first kappa shape index (κ1) is 19.9. The fraction of sp³-hybridized carbons (Fsp3) is 0.0800. The van der Waals surface area contributed by atoms with E-state index in [-0.39, 0.29) is 17.2 Å². The summed E-state index contributed by atoms with van der Waals surface area (Å²) in [6.45, 7) is -0.436. The molecule has 1 aromatic heterocycles. The highest BCUT2D eigenvalue weighted by molar-refractivity contribution is 5.84. The normalized spacial score (nSPS) is 11.7. The van der Waals surface area contributed by atoms with E-state index in [1.54, 1.807) is 6.07 Å². The van der Waals surface area contributed by atoms with Gasteiger partial charge in [0, 0.05) is 0 Å². The van der Waals surface area contributed by atoms with E-state index in [0.29, 0.717) is 5.52 Å². The Bertz CT molecular complexity index is 1200.